The Morgan fingerprint density at radius 1 is 1.24 bits per heavy atom. The number of carboxylic acids is 1. The van der Waals surface area contributed by atoms with Crippen molar-refractivity contribution in [2.75, 3.05) is 0 Å². The van der Waals surface area contributed by atoms with Gasteiger partial charge in [0.25, 0.3) is 0 Å². The third kappa shape index (κ3) is 2.23. The third-order valence-electron chi connectivity index (χ3n) is 3.50. The Morgan fingerprint density at radius 3 is 2.52 bits per heavy atom. The van der Waals surface area contributed by atoms with E-state index in [2.05, 4.69) is 20.9 Å². The summed E-state index contributed by atoms with van der Waals surface area (Å²) in [5, 5.41) is 9.41. The summed E-state index contributed by atoms with van der Waals surface area (Å²) in [7, 11) is 0. The molecule has 4 nitrogen and oxygen atoms in total. The minimum absolute atomic E-state index is 0.256. The molecule has 1 aromatic heterocycles. The van der Waals surface area contributed by atoms with Crippen LogP contribution in [-0.2, 0) is 0 Å². The molecule has 0 saturated heterocycles. The van der Waals surface area contributed by atoms with Crippen molar-refractivity contribution < 1.29 is 9.90 Å². The number of hydrogen-bond acceptors (Lipinski definition) is 2. The van der Waals surface area contributed by atoms with Crippen molar-refractivity contribution in [3.63, 3.8) is 0 Å². The summed E-state index contributed by atoms with van der Waals surface area (Å²) in [6.45, 7) is 4.00. The lowest BCUT2D eigenvalue weighted by Crippen LogP contribution is -2.04. The fourth-order valence-corrected chi connectivity index (χ4v) is 3.38. The lowest BCUT2D eigenvalue weighted by atomic mass is 10.1. The average Bonchev–Trinajstić information content (AvgIpc) is 2.81. The number of rotatable bonds is 2. The van der Waals surface area contributed by atoms with Crippen molar-refractivity contribution in [2.24, 2.45) is 0 Å². The smallest absolute Gasteiger partial charge is 0.337 e. The molecule has 0 atom stereocenters. The maximum absolute atomic E-state index is 11.5. The van der Waals surface area contributed by atoms with Gasteiger partial charge in [0.2, 0.25) is 0 Å². The number of fused-ring (bicyclic) bond motifs is 1. The highest BCUT2D eigenvalue weighted by Crippen LogP contribution is 2.28. The van der Waals surface area contributed by atoms with Crippen LogP contribution in [0.1, 0.15) is 21.5 Å². The number of nitrogens with zero attached hydrogens (tertiary/aromatic N) is 2. The van der Waals surface area contributed by atoms with Crippen molar-refractivity contribution in [3.8, 4) is 5.69 Å². The summed E-state index contributed by atoms with van der Waals surface area (Å²) in [6, 6.07) is 9.16. The van der Waals surface area contributed by atoms with E-state index in [4.69, 9.17) is 0 Å². The highest BCUT2D eigenvalue weighted by atomic mass is 79.9. The van der Waals surface area contributed by atoms with E-state index in [1.54, 1.807) is 18.5 Å². The topological polar surface area (TPSA) is 55.1 Å². The van der Waals surface area contributed by atoms with Crippen LogP contribution in [-0.4, -0.2) is 20.6 Å². The van der Waals surface area contributed by atoms with Gasteiger partial charge in [0.1, 0.15) is 6.33 Å². The molecular formula is C16H13BrN2O2. The first kappa shape index (κ1) is 13.8. The normalized spacial score (nSPS) is 11.0. The second-order valence-corrected chi connectivity index (χ2v) is 5.90. The molecule has 106 valence electrons. The van der Waals surface area contributed by atoms with Crippen LogP contribution in [0.2, 0.25) is 0 Å². The maximum atomic E-state index is 11.5. The summed E-state index contributed by atoms with van der Waals surface area (Å²) in [6.07, 6.45) is 1.68. The lowest BCUT2D eigenvalue weighted by molar-refractivity contribution is 0.0698. The molecule has 5 heteroatoms. The molecule has 3 rings (SSSR count). The molecule has 0 bridgehead atoms. The first-order valence-corrected chi connectivity index (χ1v) is 7.25. The highest BCUT2D eigenvalue weighted by Gasteiger charge is 2.16. The molecule has 0 radical (unpaired) electrons. The Hall–Kier alpha value is -2.14. The number of carbonyl (C=O) groups is 1. The molecule has 0 amide bonds. The van der Waals surface area contributed by atoms with Gasteiger partial charge < -0.3 is 5.11 Å². The molecule has 0 aliphatic rings. The predicted octanol–water partition coefficient (Wildman–Crippen LogP) is 4.10. The molecule has 0 aliphatic heterocycles. The van der Waals surface area contributed by atoms with Crippen LogP contribution in [0, 0.1) is 13.8 Å². The first-order chi connectivity index (χ1) is 9.99. The van der Waals surface area contributed by atoms with Crippen molar-refractivity contribution in [2.45, 2.75) is 13.8 Å². The molecule has 0 spiro atoms. The zero-order valence-electron chi connectivity index (χ0n) is 11.6. The quantitative estimate of drug-likeness (QED) is 0.761. The molecule has 0 saturated carbocycles. The number of hydrogen-bond donors (Lipinski definition) is 1. The van der Waals surface area contributed by atoms with Gasteiger partial charge in [0.15, 0.2) is 0 Å². The number of aromatic nitrogens is 2. The van der Waals surface area contributed by atoms with Gasteiger partial charge in [-0.2, -0.15) is 0 Å². The van der Waals surface area contributed by atoms with Crippen LogP contribution >= 0.6 is 15.9 Å². The SMILES string of the molecule is Cc1cc(Br)cc(C)c1-n1cnc2cccc(C(=O)O)c21. The zero-order valence-corrected chi connectivity index (χ0v) is 13.2. The third-order valence-corrected chi connectivity index (χ3v) is 3.95. The fraction of sp³-hybridized carbons (Fsp3) is 0.125. The molecule has 0 fully saturated rings. The molecule has 1 heterocycles. The van der Waals surface area contributed by atoms with Crippen LogP contribution in [0.4, 0.5) is 0 Å². The minimum atomic E-state index is -0.949. The highest BCUT2D eigenvalue weighted by molar-refractivity contribution is 9.10. The Labute approximate surface area is 130 Å². The van der Waals surface area contributed by atoms with Gasteiger partial charge in [-0.3, -0.25) is 4.57 Å². The molecule has 0 unspecified atom stereocenters. The fourth-order valence-electron chi connectivity index (χ4n) is 2.69. The van der Waals surface area contributed by atoms with Crippen molar-refractivity contribution in [1.82, 2.24) is 9.55 Å². The summed E-state index contributed by atoms with van der Waals surface area (Å²) in [4.78, 5) is 15.8. The Balaban J connectivity index is 2.39. The Morgan fingerprint density at radius 2 is 1.90 bits per heavy atom. The molecular weight excluding hydrogens is 332 g/mol. The van der Waals surface area contributed by atoms with E-state index in [0.717, 1.165) is 21.3 Å². The van der Waals surface area contributed by atoms with E-state index in [-0.39, 0.29) is 5.56 Å². The number of aryl methyl sites for hydroxylation is 2. The largest absolute Gasteiger partial charge is 0.478 e. The van der Waals surface area contributed by atoms with Gasteiger partial charge in [0, 0.05) is 4.47 Å². The van der Waals surface area contributed by atoms with Gasteiger partial charge in [-0.15, -0.1) is 0 Å². The van der Waals surface area contributed by atoms with Crippen LogP contribution in [0.25, 0.3) is 16.7 Å². The van der Waals surface area contributed by atoms with Crippen LogP contribution in [0.15, 0.2) is 41.1 Å². The molecule has 1 N–H and O–H groups in total. The van der Waals surface area contributed by atoms with Crippen LogP contribution in [0.5, 0.6) is 0 Å². The van der Waals surface area contributed by atoms with E-state index in [9.17, 15) is 9.90 Å². The Bertz CT molecular complexity index is 845. The average molecular weight is 345 g/mol. The van der Waals surface area contributed by atoms with E-state index >= 15 is 0 Å². The summed E-state index contributed by atoms with van der Waals surface area (Å²) in [5.74, 6) is -0.949. The predicted molar refractivity (Wildman–Crippen MR) is 85.2 cm³/mol. The van der Waals surface area contributed by atoms with Crippen LogP contribution in [0.3, 0.4) is 0 Å². The number of aromatic carboxylic acids is 1. The summed E-state index contributed by atoms with van der Waals surface area (Å²) in [5.41, 5.74) is 4.64. The number of halogens is 1. The van der Waals surface area contributed by atoms with Gasteiger partial charge >= 0.3 is 5.97 Å². The first-order valence-electron chi connectivity index (χ1n) is 6.45. The van der Waals surface area contributed by atoms with Gasteiger partial charge in [-0.25, -0.2) is 9.78 Å². The number of carboxylic acid groups (broad SMARTS) is 1. The standard InChI is InChI=1S/C16H13BrN2O2/c1-9-6-11(17)7-10(2)14(9)19-8-18-13-5-3-4-12(15(13)19)16(20)21/h3-8H,1-2H3,(H,20,21). The number of para-hydroxylation sites is 1. The number of imidazole rings is 1. The molecule has 3 aromatic rings. The van der Waals surface area contributed by atoms with E-state index in [0.29, 0.717) is 11.0 Å². The second kappa shape index (κ2) is 5.00. The van der Waals surface area contributed by atoms with Gasteiger partial charge in [0.05, 0.1) is 22.3 Å². The maximum Gasteiger partial charge on any atom is 0.337 e. The monoisotopic (exact) mass is 344 g/mol. The van der Waals surface area contributed by atoms with E-state index < -0.39 is 5.97 Å². The van der Waals surface area contributed by atoms with E-state index in [1.165, 1.54) is 0 Å². The van der Waals surface area contributed by atoms with Gasteiger partial charge in [-0.1, -0.05) is 22.0 Å². The molecule has 2 aromatic carbocycles. The zero-order chi connectivity index (χ0) is 15.1. The van der Waals surface area contributed by atoms with Crippen LogP contribution < -0.4 is 0 Å². The minimum Gasteiger partial charge on any atom is -0.478 e. The van der Waals surface area contributed by atoms with E-state index in [1.807, 2.05) is 36.6 Å². The Kier molecular flexibility index (Phi) is 3.29. The number of benzene rings is 2. The lowest BCUT2D eigenvalue weighted by Gasteiger charge is -2.13. The molecule has 21 heavy (non-hydrogen) atoms. The second-order valence-electron chi connectivity index (χ2n) is 4.98. The molecule has 0 aliphatic carbocycles. The van der Waals surface area contributed by atoms with Gasteiger partial charge in [-0.05, 0) is 49.2 Å². The van der Waals surface area contributed by atoms with Crippen molar-refractivity contribution in [1.29, 1.82) is 0 Å². The summed E-state index contributed by atoms with van der Waals surface area (Å²) >= 11 is 3.48. The summed E-state index contributed by atoms with van der Waals surface area (Å²) < 4.78 is 2.86. The van der Waals surface area contributed by atoms with Crippen molar-refractivity contribution >= 4 is 32.9 Å². The van der Waals surface area contributed by atoms with Crippen molar-refractivity contribution in [3.05, 3.63) is 57.8 Å².